The molecule has 0 bridgehead atoms. The van der Waals surface area contributed by atoms with Gasteiger partial charge in [-0.05, 0) is 48.9 Å². The molecule has 1 N–H and O–H groups in total. The lowest BCUT2D eigenvalue weighted by molar-refractivity contribution is 0.0939. The molecule has 1 aliphatic heterocycles. The molecule has 1 aliphatic rings. The van der Waals surface area contributed by atoms with E-state index >= 15 is 0 Å². The Kier molecular flexibility index (Phi) is 6.93. The van der Waals surface area contributed by atoms with E-state index in [2.05, 4.69) is 22.3 Å². The molecule has 0 aliphatic carbocycles. The van der Waals surface area contributed by atoms with Gasteiger partial charge in [0.15, 0.2) is 0 Å². The molecule has 3 aromatic carbocycles. The third-order valence-corrected chi connectivity index (χ3v) is 7.96. The number of benzene rings is 3. The maximum atomic E-state index is 13.0. The highest BCUT2D eigenvalue weighted by atomic mass is 32.2. The lowest BCUT2D eigenvalue weighted by Crippen LogP contribution is -2.47. The third kappa shape index (κ3) is 5.33. The van der Waals surface area contributed by atoms with E-state index in [9.17, 15) is 13.2 Å². The summed E-state index contributed by atoms with van der Waals surface area (Å²) < 4.78 is 27.6. The topological polar surface area (TPSA) is 69.7 Å². The second-order valence-corrected chi connectivity index (χ2v) is 10.4. The molecular formula is C26H29N3O3S. The molecular weight excluding hydrogens is 434 g/mol. The number of nitrogens with zero attached hydrogens (tertiary/aromatic N) is 2. The molecule has 1 unspecified atom stereocenters. The fourth-order valence-corrected chi connectivity index (χ4v) is 5.40. The maximum Gasteiger partial charge on any atom is 0.251 e. The van der Waals surface area contributed by atoms with Crippen molar-refractivity contribution in [2.75, 3.05) is 33.2 Å². The summed E-state index contributed by atoms with van der Waals surface area (Å²) in [5, 5.41) is 2.98. The van der Waals surface area contributed by atoms with Crippen molar-refractivity contribution in [2.45, 2.75) is 17.9 Å². The van der Waals surface area contributed by atoms with Crippen LogP contribution in [-0.4, -0.2) is 56.8 Å². The van der Waals surface area contributed by atoms with E-state index < -0.39 is 10.0 Å². The summed E-state index contributed by atoms with van der Waals surface area (Å²) in [4.78, 5) is 15.1. The van der Waals surface area contributed by atoms with Gasteiger partial charge >= 0.3 is 0 Å². The number of hydrogen-bond acceptors (Lipinski definition) is 4. The molecule has 0 spiro atoms. The van der Waals surface area contributed by atoms with Gasteiger partial charge in [-0.2, -0.15) is 4.31 Å². The number of likely N-dealkylation sites (N-methyl/N-ethyl adjacent to an activating group) is 1. The maximum absolute atomic E-state index is 13.0. The van der Waals surface area contributed by atoms with Gasteiger partial charge in [0.05, 0.1) is 10.9 Å². The summed E-state index contributed by atoms with van der Waals surface area (Å²) in [6.07, 6.45) is 0. The molecule has 1 fully saturated rings. The molecule has 3 aromatic rings. The van der Waals surface area contributed by atoms with Crippen molar-refractivity contribution >= 4 is 15.9 Å². The second kappa shape index (κ2) is 9.87. The van der Waals surface area contributed by atoms with Crippen LogP contribution >= 0.6 is 0 Å². The first kappa shape index (κ1) is 23.2. The summed E-state index contributed by atoms with van der Waals surface area (Å²) in [7, 11) is -1.65. The van der Waals surface area contributed by atoms with E-state index in [1.807, 2.05) is 56.4 Å². The van der Waals surface area contributed by atoms with Gasteiger partial charge in [0, 0.05) is 31.7 Å². The van der Waals surface area contributed by atoms with E-state index in [1.54, 1.807) is 18.2 Å². The molecule has 172 valence electrons. The fraction of sp³-hybridized carbons (Fsp3) is 0.269. The van der Waals surface area contributed by atoms with Crippen LogP contribution in [0.15, 0.2) is 83.8 Å². The minimum absolute atomic E-state index is 0.152. The minimum atomic E-state index is -3.63. The number of sulfonamides is 1. The van der Waals surface area contributed by atoms with Gasteiger partial charge in [0.2, 0.25) is 10.0 Å². The van der Waals surface area contributed by atoms with Crippen molar-refractivity contribution in [3.8, 4) is 11.1 Å². The van der Waals surface area contributed by atoms with Gasteiger partial charge in [-0.25, -0.2) is 8.42 Å². The number of carbonyl (C=O) groups is 1. The Morgan fingerprint density at radius 3 is 2.15 bits per heavy atom. The van der Waals surface area contributed by atoms with E-state index in [4.69, 9.17) is 0 Å². The summed E-state index contributed by atoms with van der Waals surface area (Å²) in [6.45, 7) is 4.21. The molecule has 7 heteroatoms. The van der Waals surface area contributed by atoms with Gasteiger partial charge in [0.25, 0.3) is 5.91 Å². The van der Waals surface area contributed by atoms with Crippen LogP contribution in [0.3, 0.4) is 0 Å². The summed E-state index contributed by atoms with van der Waals surface area (Å²) in [5.74, 6) is -0.301. The first-order valence-corrected chi connectivity index (χ1v) is 12.5. The SMILES string of the molecule is CC(NC(=O)c1cccc(S(=O)(=O)N2CCN(C)CC2)c1)c1ccc(-c2ccccc2)cc1. The molecule has 33 heavy (non-hydrogen) atoms. The lowest BCUT2D eigenvalue weighted by atomic mass is 10.0. The number of hydrogen-bond donors (Lipinski definition) is 1. The highest BCUT2D eigenvalue weighted by molar-refractivity contribution is 7.89. The zero-order valence-corrected chi connectivity index (χ0v) is 19.8. The fourth-order valence-electron chi connectivity index (χ4n) is 3.93. The van der Waals surface area contributed by atoms with Crippen molar-refractivity contribution in [1.29, 1.82) is 0 Å². The molecule has 1 saturated heterocycles. The van der Waals surface area contributed by atoms with Crippen molar-refractivity contribution in [3.05, 3.63) is 90.0 Å². The summed E-state index contributed by atoms with van der Waals surface area (Å²) in [5.41, 5.74) is 3.56. The Bertz CT molecular complexity index is 1200. The molecule has 1 amide bonds. The number of nitrogens with one attached hydrogen (secondary N) is 1. The predicted molar refractivity (Wildman–Crippen MR) is 130 cm³/mol. The number of carbonyl (C=O) groups excluding carboxylic acids is 1. The summed E-state index contributed by atoms with van der Waals surface area (Å²) >= 11 is 0. The van der Waals surface area contributed by atoms with Gasteiger partial charge in [-0.3, -0.25) is 4.79 Å². The van der Waals surface area contributed by atoms with Gasteiger partial charge in [0.1, 0.15) is 0 Å². The van der Waals surface area contributed by atoms with E-state index in [0.717, 1.165) is 16.7 Å². The lowest BCUT2D eigenvalue weighted by Gasteiger charge is -2.31. The van der Waals surface area contributed by atoms with Crippen LogP contribution in [0.4, 0.5) is 0 Å². The predicted octanol–water partition coefficient (Wildman–Crippen LogP) is 3.78. The highest BCUT2D eigenvalue weighted by Gasteiger charge is 2.28. The van der Waals surface area contributed by atoms with Gasteiger partial charge in [-0.1, -0.05) is 60.7 Å². The minimum Gasteiger partial charge on any atom is -0.346 e. The Labute approximate surface area is 195 Å². The van der Waals surface area contributed by atoms with Crippen LogP contribution in [0, 0.1) is 0 Å². The second-order valence-electron chi connectivity index (χ2n) is 8.42. The first-order chi connectivity index (χ1) is 15.8. The van der Waals surface area contributed by atoms with Crippen molar-refractivity contribution in [2.24, 2.45) is 0 Å². The van der Waals surface area contributed by atoms with Crippen molar-refractivity contribution in [3.63, 3.8) is 0 Å². The van der Waals surface area contributed by atoms with Crippen LogP contribution in [0.5, 0.6) is 0 Å². The van der Waals surface area contributed by atoms with Crippen LogP contribution in [-0.2, 0) is 10.0 Å². The van der Waals surface area contributed by atoms with Crippen molar-refractivity contribution < 1.29 is 13.2 Å². The van der Waals surface area contributed by atoms with Crippen LogP contribution in [0.2, 0.25) is 0 Å². The summed E-state index contributed by atoms with van der Waals surface area (Å²) in [6, 6.07) is 24.3. The number of piperazine rings is 1. The number of rotatable bonds is 6. The molecule has 0 radical (unpaired) electrons. The van der Waals surface area contributed by atoms with Crippen LogP contribution in [0.25, 0.3) is 11.1 Å². The highest BCUT2D eigenvalue weighted by Crippen LogP contribution is 2.23. The van der Waals surface area contributed by atoms with E-state index in [0.29, 0.717) is 31.7 Å². The third-order valence-electron chi connectivity index (χ3n) is 6.06. The molecule has 0 aromatic heterocycles. The zero-order chi connectivity index (χ0) is 23.4. The van der Waals surface area contributed by atoms with Crippen LogP contribution < -0.4 is 5.32 Å². The van der Waals surface area contributed by atoms with Crippen molar-refractivity contribution in [1.82, 2.24) is 14.5 Å². The van der Waals surface area contributed by atoms with Crippen LogP contribution in [0.1, 0.15) is 28.9 Å². The van der Waals surface area contributed by atoms with Gasteiger partial charge < -0.3 is 10.2 Å². The quantitative estimate of drug-likeness (QED) is 0.604. The van der Waals surface area contributed by atoms with E-state index in [-0.39, 0.29) is 16.8 Å². The largest absolute Gasteiger partial charge is 0.346 e. The Hall–Kier alpha value is -3.00. The van der Waals surface area contributed by atoms with E-state index in [1.165, 1.54) is 10.4 Å². The molecule has 1 atom stereocenters. The molecule has 4 rings (SSSR count). The molecule has 1 heterocycles. The number of amides is 1. The monoisotopic (exact) mass is 463 g/mol. The Morgan fingerprint density at radius 2 is 1.48 bits per heavy atom. The Morgan fingerprint density at radius 1 is 0.848 bits per heavy atom. The zero-order valence-electron chi connectivity index (χ0n) is 18.9. The average molecular weight is 464 g/mol. The molecule has 0 saturated carbocycles. The average Bonchev–Trinajstić information content (AvgIpc) is 2.85. The Balaban J connectivity index is 1.45. The van der Waals surface area contributed by atoms with Gasteiger partial charge in [-0.15, -0.1) is 0 Å². The smallest absolute Gasteiger partial charge is 0.251 e. The first-order valence-electron chi connectivity index (χ1n) is 11.1. The standard InChI is InChI=1S/C26H29N3O3S/c1-20(21-11-13-23(14-12-21)22-7-4-3-5-8-22)27-26(30)24-9-6-10-25(19-24)33(31,32)29-17-15-28(2)16-18-29/h3-14,19-20H,15-18H2,1-2H3,(H,27,30). The normalized spacial score (nSPS) is 16.3. The molecule has 6 nitrogen and oxygen atoms in total.